The van der Waals surface area contributed by atoms with Crippen molar-refractivity contribution in [3.63, 3.8) is 0 Å². The van der Waals surface area contributed by atoms with E-state index in [-0.39, 0.29) is 11.6 Å². The molecule has 0 radical (unpaired) electrons. The number of benzene rings is 2. The molecule has 0 unspecified atom stereocenters. The van der Waals surface area contributed by atoms with Gasteiger partial charge in [-0.1, -0.05) is 80.4 Å². The summed E-state index contributed by atoms with van der Waals surface area (Å²) in [4.78, 5) is 26.7. The van der Waals surface area contributed by atoms with Gasteiger partial charge in [0.05, 0.1) is 0 Å². The molecule has 0 aliphatic carbocycles. The Kier molecular flexibility index (Phi) is 7.45. The Hall–Kier alpha value is -2.08. The number of ketones is 2. The highest BCUT2D eigenvalue weighted by atomic mass is 28.4. The van der Waals surface area contributed by atoms with Gasteiger partial charge in [0.2, 0.25) is 0 Å². The van der Waals surface area contributed by atoms with Gasteiger partial charge in [0.25, 0.3) is 0 Å². The molecule has 2 aromatic carbocycles. The standard InChI is InChI=1S/C21H26O4Si/c1-4-5-16-26(24-2,25-3)21(19(22)17-12-8-6-9-13-17)20(23)18-14-10-7-11-15-18/h6-15,21H,4-5,16H2,1-3H3. The molecule has 0 amide bonds. The molecule has 0 bridgehead atoms. The van der Waals surface area contributed by atoms with Crippen LogP contribution in [0.3, 0.4) is 0 Å². The van der Waals surface area contributed by atoms with Crippen LogP contribution in [0.5, 0.6) is 0 Å². The van der Waals surface area contributed by atoms with E-state index in [4.69, 9.17) is 8.85 Å². The normalized spacial score (nSPS) is 11.5. The highest BCUT2D eigenvalue weighted by Gasteiger charge is 2.52. The maximum absolute atomic E-state index is 13.3. The van der Waals surface area contributed by atoms with Gasteiger partial charge < -0.3 is 8.85 Å². The first-order valence-electron chi connectivity index (χ1n) is 8.88. The number of hydrogen-bond donors (Lipinski definition) is 0. The highest BCUT2D eigenvalue weighted by molar-refractivity contribution is 6.77. The second-order valence-electron chi connectivity index (χ2n) is 6.22. The molecule has 5 heteroatoms. The number of hydrogen-bond acceptors (Lipinski definition) is 4. The van der Waals surface area contributed by atoms with Crippen LogP contribution in [0.15, 0.2) is 60.7 Å². The fourth-order valence-electron chi connectivity index (χ4n) is 3.15. The molecular formula is C21H26O4Si. The van der Waals surface area contributed by atoms with Crippen LogP contribution in [-0.4, -0.2) is 34.3 Å². The molecule has 2 aromatic rings. The van der Waals surface area contributed by atoms with E-state index in [0.29, 0.717) is 17.2 Å². The zero-order chi connectivity index (χ0) is 19.0. The quantitative estimate of drug-likeness (QED) is 0.347. The number of Topliss-reactive ketones (excluding diaryl/α,β-unsaturated/α-hetero) is 2. The lowest BCUT2D eigenvalue weighted by Gasteiger charge is -2.33. The van der Waals surface area contributed by atoms with E-state index in [1.54, 1.807) is 62.8 Å². The van der Waals surface area contributed by atoms with Crippen molar-refractivity contribution in [2.75, 3.05) is 14.2 Å². The van der Waals surface area contributed by atoms with E-state index >= 15 is 0 Å². The Morgan fingerprint density at radius 2 is 1.27 bits per heavy atom. The molecule has 0 fully saturated rings. The van der Waals surface area contributed by atoms with E-state index in [0.717, 1.165) is 12.8 Å². The van der Waals surface area contributed by atoms with Crippen molar-refractivity contribution in [2.24, 2.45) is 0 Å². The van der Waals surface area contributed by atoms with Crippen LogP contribution in [0, 0.1) is 0 Å². The summed E-state index contributed by atoms with van der Waals surface area (Å²) >= 11 is 0. The first-order chi connectivity index (χ1) is 12.6. The Morgan fingerprint density at radius 1 is 0.846 bits per heavy atom. The van der Waals surface area contributed by atoms with E-state index in [2.05, 4.69) is 6.92 Å². The average molecular weight is 371 g/mol. The summed E-state index contributed by atoms with van der Waals surface area (Å²) in [6.07, 6.45) is 1.78. The minimum atomic E-state index is -3.08. The van der Waals surface area contributed by atoms with Gasteiger partial charge in [-0.05, 0) is 6.04 Å². The van der Waals surface area contributed by atoms with Gasteiger partial charge in [0.15, 0.2) is 11.6 Å². The lowest BCUT2D eigenvalue weighted by Crippen LogP contribution is -2.51. The maximum atomic E-state index is 13.3. The van der Waals surface area contributed by atoms with E-state index in [1.807, 2.05) is 12.1 Å². The van der Waals surface area contributed by atoms with Gasteiger partial charge in [-0.3, -0.25) is 9.59 Å². The summed E-state index contributed by atoms with van der Waals surface area (Å²) in [6.45, 7) is 2.07. The number of rotatable bonds is 10. The number of unbranched alkanes of at least 4 members (excludes halogenated alkanes) is 1. The van der Waals surface area contributed by atoms with Crippen LogP contribution in [0.1, 0.15) is 40.5 Å². The van der Waals surface area contributed by atoms with E-state index < -0.39 is 14.1 Å². The summed E-state index contributed by atoms with van der Waals surface area (Å²) in [5, 5.41) is 0. The predicted octanol–water partition coefficient (Wildman–Crippen LogP) is 4.66. The fraction of sp³-hybridized carbons (Fsp3) is 0.333. The van der Waals surface area contributed by atoms with Crippen molar-refractivity contribution in [3.05, 3.63) is 71.8 Å². The molecule has 4 nitrogen and oxygen atoms in total. The molecule has 138 valence electrons. The second-order valence-corrected chi connectivity index (χ2v) is 9.73. The zero-order valence-corrected chi connectivity index (χ0v) is 16.6. The number of carbonyl (C=O) groups excluding carboxylic acids is 2. The fourth-order valence-corrected chi connectivity index (χ4v) is 6.46. The van der Waals surface area contributed by atoms with Crippen LogP contribution in [0.4, 0.5) is 0 Å². The molecule has 0 saturated heterocycles. The van der Waals surface area contributed by atoms with Gasteiger partial charge >= 0.3 is 8.56 Å². The minimum absolute atomic E-state index is 0.231. The minimum Gasteiger partial charge on any atom is -0.397 e. The van der Waals surface area contributed by atoms with Gasteiger partial charge in [0, 0.05) is 25.3 Å². The summed E-state index contributed by atoms with van der Waals surface area (Å²) < 4.78 is 11.6. The molecule has 0 aromatic heterocycles. The molecule has 2 rings (SSSR count). The van der Waals surface area contributed by atoms with E-state index in [1.165, 1.54) is 0 Å². The molecule has 26 heavy (non-hydrogen) atoms. The number of carbonyl (C=O) groups is 2. The summed E-state index contributed by atoms with van der Waals surface area (Å²) in [5.41, 5.74) is 0.0716. The zero-order valence-electron chi connectivity index (χ0n) is 15.6. The monoisotopic (exact) mass is 370 g/mol. The molecule has 0 atom stereocenters. The van der Waals surface area contributed by atoms with Gasteiger partial charge in [-0.2, -0.15) is 0 Å². The molecular weight excluding hydrogens is 344 g/mol. The van der Waals surface area contributed by atoms with Crippen molar-refractivity contribution < 1.29 is 18.4 Å². The third-order valence-electron chi connectivity index (χ3n) is 4.65. The van der Waals surface area contributed by atoms with Crippen molar-refractivity contribution in [2.45, 2.75) is 31.4 Å². The van der Waals surface area contributed by atoms with Crippen molar-refractivity contribution >= 4 is 20.1 Å². The Balaban J connectivity index is 2.53. The second kappa shape index (κ2) is 9.57. The molecule has 0 heterocycles. The average Bonchev–Trinajstić information content (AvgIpc) is 2.72. The maximum Gasteiger partial charge on any atom is 0.356 e. The molecule has 0 saturated carbocycles. The smallest absolute Gasteiger partial charge is 0.356 e. The third kappa shape index (κ3) is 4.36. The van der Waals surface area contributed by atoms with Crippen LogP contribution in [0.2, 0.25) is 11.6 Å². The first-order valence-corrected chi connectivity index (χ1v) is 11.0. The summed E-state index contributed by atoms with van der Waals surface area (Å²) in [6, 6.07) is 18.4. The summed E-state index contributed by atoms with van der Waals surface area (Å²) in [5.74, 6) is -0.461. The molecule has 0 N–H and O–H groups in total. The summed E-state index contributed by atoms with van der Waals surface area (Å²) in [7, 11) is 0.0164. The van der Waals surface area contributed by atoms with Gasteiger partial charge in [-0.15, -0.1) is 0 Å². The Labute approximate surface area is 156 Å². The van der Waals surface area contributed by atoms with Crippen LogP contribution < -0.4 is 0 Å². The van der Waals surface area contributed by atoms with Crippen LogP contribution >= 0.6 is 0 Å². The third-order valence-corrected chi connectivity index (χ3v) is 8.49. The predicted molar refractivity (Wildman–Crippen MR) is 105 cm³/mol. The lowest BCUT2D eigenvalue weighted by molar-refractivity contribution is 0.0854. The molecule has 0 aliphatic heterocycles. The molecule has 0 spiro atoms. The van der Waals surface area contributed by atoms with Gasteiger partial charge in [0.1, 0.15) is 5.54 Å². The Bertz CT molecular complexity index is 660. The van der Waals surface area contributed by atoms with Crippen molar-refractivity contribution in [1.29, 1.82) is 0 Å². The first kappa shape index (κ1) is 20.2. The Morgan fingerprint density at radius 3 is 1.62 bits per heavy atom. The van der Waals surface area contributed by atoms with Crippen molar-refractivity contribution in [1.82, 2.24) is 0 Å². The van der Waals surface area contributed by atoms with Crippen LogP contribution in [0.25, 0.3) is 0 Å². The molecule has 0 aliphatic rings. The van der Waals surface area contributed by atoms with E-state index in [9.17, 15) is 9.59 Å². The topological polar surface area (TPSA) is 52.6 Å². The van der Waals surface area contributed by atoms with Crippen molar-refractivity contribution in [3.8, 4) is 0 Å². The lowest BCUT2D eigenvalue weighted by atomic mass is 10.0. The van der Waals surface area contributed by atoms with Gasteiger partial charge in [-0.25, -0.2) is 0 Å². The largest absolute Gasteiger partial charge is 0.397 e. The SMILES string of the molecule is CCCC[Si](OC)(OC)C(C(=O)c1ccccc1)C(=O)c1ccccc1. The van der Waals surface area contributed by atoms with Crippen LogP contribution in [-0.2, 0) is 8.85 Å². The highest BCUT2D eigenvalue weighted by Crippen LogP contribution is 2.35.